The minimum Gasteiger partial charge on any atom is -0.506 e. The fraction of sp³-hybridized carbons (Fsp3) is 0.111. The van der Waals surface area contributed by atoms with Gasteiger partial charge in [-0.15, -0.1) is 0 Å². The zero-order valence-electron chi connectivity index (χ0n) is 14.0. The predicted molar refractivity (Wildman–Crippen MR) is 115 cm³/mol. The Morgan fingerprint density at radius 1 is 1.25 bits per heavy atom. The number of halogens is 5. The Balaban J connectivity index is 2.01. The molecule has 0 aliphatic carbocycles. The highest BCUT2D eigenvalue weighted by Crippen LogP contribution is 2.41. The van der Waals surface area contributed by atoms with Crippen molar-refractivity contribution in [2.75, 3.05) is 4.90 Å². The maximum absolute atomic E-state index is 13.0. The summed E-state index contributed by atoms with van der Waals surface area (Å²) in [6, 6.07) is 6.06. The van der Waals surface area contributed by atoms with Crippen molar-refractivity contribution in [1.82, 2.24) is 0 Å². The van der Waals surface area contributed by atoms with Crippen LogP contribution in [0, 0.1) is 6.92 Å². The predicted octanol–water partition coefficient (Wildman–Crippen LogP) is 6.65. The van der Waals surface area contributed by atoms with E-state index in [4.69, 9.17) is 12.2 Å². The number of hydrogen-bond acceptors (Lipinski definition) is 4. The van der Waals surface area contributed by atoms with Crippen molar-refractivity contribution in [3.63, 3.8) is 0 Å². The van der Waals surface area contributed by atoms with Crippen molar-refractivity contribution < 1.29 is 23.1 Å². The molecule has 1 fully saturated rings. The first kappa shape index (κ1) is 21.4. The number of alkyl halides is 3. The Morgan fingerprint density at radius 3 is 2.57 bits per heavy atom. The maximum Gasteiger partial charge on any atom is 0.416 e. The molecule has 1 amide bonds. The lowest BCUT2D eigenvalue weighted by atomic mass is 10.1. The van der Waals surface area contributed by atoms with Gasteiger partial charge < -0.3 is 5.11 Å². The molecule has 1 saturated heterocycles. The molecule has 146 valence electrons. The second kappa shape index (κ2) is 7.81. The summed E-state index contributed by atoms with van der Waals surface area (Å²) in [5.41, 5.74) is 0.323. The van der Waals surface area contributed by atoms with Crippen LogP contribution in [0.3, 0.4) is 0 Å². The molecule has 10 heteroatoms. The summed E-state index contributed by atoms with van der Waals surface area (Å²) in [6.45, 7) is 1.80. The fourth-order valence-corrected chi connectivity index (χ4v) is 4.93. The molecule has 28 heavy (non-hydrogen) atoms. The molecular weight excluding hydrogens is 543 g/mol. The van der Waals surface area contributed by atoms with E-state index in [0.29, 0.717) is 10.0 Å². The van der Waals surface area contributed by atoms with Crippen LogP contribution in [0.5, 0.6) is 5.75 Å². The Bertz CT molecular complexity index is 1040. The molecule has 1 aliphatic rings. The molecule has 2 aromatic carbocycles. The average Bonchev–Trinajstić information content (AvgIpc) is 2.90. The van der Waals surface area contributed by atoms with Gasteiger partial charge in [0.1, 0.15) is 5.75 Å². The van der Waals surface area contributed by atoms with Crippen molar-refractivity contribution in [3.8, 4) is 5.75 Å². The molecular formula is C18H10Br2F3NO2S2. The Kier molecular flexibility index (Phi) is 5.96. The number of phenolic OH excluding ortho intramolecular Hbond substituents is 1. The number of phenols is 1. The molecule has 0 radical (unpaired) electrons. The molecule has 2 aromatic rings. The van der Waals surface area contributed by atoms with E-state index in [9.17, 15) is 23.1 Å². The third-order valence-electron chi connectivity index (χ3n) is 3.96. The van der Waals surface area contributed by atoms with E-state index in [1.807, 2.05) is 0 Å². The topological polar surface area (TPSA) is 40.5 Å². The van der Waals surface area contributed by atoms with Gasteiger partial charge in [0.05, 0.1) is 20.6 Å². The normalized spacial score (nSPS) is 16.4. The first-order chi connectivity index (χ1) is 13.0. The van der Waals surface area contributed by atoms with E-state index in [1.165, 1.54) is 18.2 Å². The van der Waals surface area contributed by atoms with Crippen molar-refractivity contribution in [1.29, 1.82) is 0 Å². The molecule has 3 rings (SSSR count). The van der Waals surface area contributed by atoms with E-state index in [2.05, 4.69) is 31.9 Å². The van der Waals surface area contributed by atoms with Crippen LogP contribution in [0.4, 0.5) is 18.9 Å². The van der Waals surface area contributed by atoms with Crippen LogP contribution in [0.2, 0.25) is 0 Å². The number of thioether (sulfide) groups is 1. The number of rotatable bonds is 2. The lowest BCUT2D eigenvalue weighted by Gasteiger charge is -2.16. The highest BCUT2D eigenvalue weighted by atomic mass is 79.9. The van der Waals surface area contributed by atoms with Gasteiger partial charge in [0.15, 0.2) is 4.32 Å². The van der Waals surface area contributed by atoms with Gasteiger partial charge >= 0.3 is 6.18 Å². The quantitative estimate of drug-likeness (QED) is 0.334. The van der Waals surface area contributed by atoms with E-state index < -0.39 is 17.6 Å². The number of aromatic hydroxyl groups is 1. The van der Waals surface area contributed by atoms with Crippen LogP contribution in [0.15, 0.2) is 44.2 Å². The first-order valence-corrected chi connectivity index (χ1v) is 10.4. The van der Waals surface area contributed by atoms with Crippen molar-refractivity contribution in [2.24, 2.45) is 0 Å². The number of amides is 1. The third kappa shape index (κ3) is 4.00. The summed E-state index contributed by atoms with van der Waals surface area (Å²) in [5, 5.41) is 10.3. The van der Waals surface area contributed by atoms with Crippen molar-refractivity contribution in [3.05, 3.63) is 60.9 Å². The van der Waals surface area contributed by atoms with Crippen LogP contribution in [0.1, 0.15) is 16.7 Å². The van der Waals surface area contributed by atoms with E-state index >= 15 is 0 Å². The van der Waals surface area contributed by atoms with Gasteiger partial charge in [0.2, 0.25) is 0 Å². The Morgan fingerprint density at radius 2 is 1.93 bits per heavy atom. The van der Waals surface area contributed by atoms with Crippen LogP contribution in [-0.4, -0.2) is 15.3 Å². The molecule has 1 heterocycles. The zero-order valence-corrected chi connectivity index (χ0v) is 18.8. The number of anilines is 1. The number of benzene rings is 2. The highest BCUT2D eigenvalue weighted by Gasteiger charge is 2.36. The lowest BCUT2D eigenvalue weighted by Crippen LogP contribution is -2.27. The second-order valence-corrected chi connectivity index (χ2v) is 9.12. The molecule has 0 bridgehead atoms. The van der Waals surface area contributed by atoms with E-state index in [1.54, 1.807) is 13.0 Å². The number of carbonyl (C=O) groups excluding carboxylic acids is 1. The Labute approximate surface area is 184 Å². The monoisotopic (exact) mass is 551 g/mol. The van der Waals surface area contributed by atoms with Crippen LogP contribution < -0.4 is 4.90 Å². The number of hydrogen-bond donors (Lipinski definition) is 1. The average molecular weight is 553 g/mol. The van der Waals surface area contributed by atoms with E-state index in [-0.39, 0.29) is 20.7 Å². The molecule has 0 saturated carbocycles. The van der Waals surface area contributed by atoms with Crippen LogP contribution >= 0.6 is 55.8 Å². The van der Waals surface area contributed by atoms with Gasteiger partial charge in [-0.25, -0.2) is 0 Å². The van der Waals surface area contributed by atoms with Gasteiger partial charge in [0.25, 0.3) is 5.91 Å². The summed E-state index contributed by atoms with van der Waals surface area (Å²) in [5.74, 6) is -0.605. The number of thiocarbonyl (C=S) groups is 1. The van der Waals surface area contributed by atoms with Gasteiger partial charge in [-0.3, -0.25) is 9.69 Å². The fourth-order valence-electron chi connectivity index (χ4n) is 2.49. The van der Waals surface area contributed by atoms with Gasteiger partial charge in [0, 0.05) is 10.0 Å². The molecule has 3 nitrogen and oxygen atoms in total. The molecule has 0 spiro atoms. The summed E-state index contributed by atoms with van der Waals surface area (Å²) in [6.07, 6.45) is -3.07. The molecule has 0 aromatic heterocycles. The minimum absolute atomic E-state index is 0.0382. The van der Waals surface area contributed by atoms with Crippen molar-refractivity contribution >= 4 is 77.8 Å². The van der Waals surface area contributed by atoms with E-state index in [0.717, 1.165) is 38.8 Å². The van der Waals surface area contributed by atoms with Crippen molar-refractivity contribution in [2.45, 2.75) is 13.1 Å². The first-order valence-electron chi connectivity index (χ1n) is 7.63. The summed E-state index contributed by atoms with van der Waals surface area (Å²) < 4.78 is 40.2. The molecule has 0 atom stereocenters. The molecule has 1 N–H and O–H groups in total. The molecule has 0 unspecified atom stereocenters. The third-order valence-corrected chi connectivity index (χ3v) is 7.06. The smallest absolute Gasteiger partial charge is 0.416 e. The van der Waals surface area contributed by atoms with Gasteiger partial charge in [-0.1, -0.05) is 46.0 Å². The summed E-state index contributed by atoms with van der Waals surface area (Å²) in [7, 11) is 0. The maximum atomic E-state index is 13.0. The van der Waals surface area contributed by atoms with Crippen LogP contribution in [-0.2, 0) is 11.0 Å². The number of carbonyl (C=O) groups is 1. The van der Waals surface area contributed by atoms with Gasteiger partial charge in [-0.05, 0) is 58.8 Å². The lowest BCUT2D eigenvalue weighted by molar-refractivity contribution is -0.137. The summed E-state index contributed by atoms with van der Waals surface area (Å²) >= 11 is 12.8. The number of nitrogens with zero attached hydrogens (tertiary/aromatic N) is 1. The zero-order chi connectivity index (χ0) is 20.8. The van der Waals surface area contributed by atoms with Gasteiger partial charge in [-0.2, -0.15) is 13.2 Å². The Hall–Kier alpha value is -1.36. The summed E-state index contributed by atoms with van der Waals surface area (Å²) in [4.78, 5) is 14.0. The second-order valence-electron chi connectivity index (χ2n) is 5.80. The van der Waals surface area contributed by atoms with Crippen LogP contribution in [0.25, 0.3) is 6.08 Å². The largest absolute Gasteiger partial charge is 0.506 e. The molecule has 1 aliphatic heterocycles. The minimum atomic E-state index is -4.53. The SMILES string of the molecule is Cc1c(Br)cc(/C=C2\SC(=S)N(c3cccc(C(F)(F)F)c3)C2=O)c(O)c1Br. The standard InChI is InChI=1S/C18H10Br2F3NO2S2/c1-8-12(19)5-9(15(25)14(8)20)6-13-16(26)24(17(27)28-13)11-4-2-3-10(7-11)18(21,22)23/h2-7,25H,1H3/b13-6-. The highest BCUT2D eigenvalue weighted by molar-refractivity contribution is 9.11.